The Morgan fingerprint density at radius 1 is 1.30 bits per heavy atom. The maximum absolute atomic E-state index is 12.3. The summed E-state index contributed by atoms with van der Waals surface area (Å²) in [6, 6.07) is 3.15. The first-order valence-electron chi connectivity index (χ1n) is 6.58. The minimum absolute atomic E-state index is 0.00390. The lowest BCUT2D eigenvalue weighted by Gasteiger charge is -2.30. The van der Waals surface area contributed by atoms with Crippen molar-refractivity contribution in [3.63, 3.8) is 0 Å². The molecule has 6 nitrogen and oxygen atoms in total. The molecule has 3 heterocycles. The van der Waals surface area contributed by atoms with Crippen molar-refractivity contribution in [2.75, 3.05) is 31.1 Å². The molecule has 1 atom stereocenters. The Balaban J connectivity index is 1.88. The van der Waals surface area contributed by atoms with E-state index in [2.05, 4.69) is 4.98 Å². The topological polar surface area (TPSA) is 73.7 Å². The van der Waals surface area contributed by atoms with E-state index < -0.39 is 10.0 Å². The number of hydrogen-bond acceptors (Lipinski definition) is 5. The molecule has 1 aromatic heterocycles. The summed E-state index contributed by atoms with van der Waals surface area (Å²) in [4.78, 5) is 6.13. The first-order valence-corrected chi connectivity index (χ1v) is 8.40. The molecular weight excluding hydrogens is 302 g/mol. The van der Waals surface area contributed by atoms with Crippen LogP contribution in [0.1, 0.15) is 12.8 Å². The smallest absolute Gasteiger partial charge is 0.246 e. The second-order valence-corrected chi connectivity index (χ2v) is 7.37. The van der Waals surface area contributed by atoms with E-state index in [0.29, 0.717) is 38.4 Å². The molecule has 110 valence electrons. The molecule has 0 spiro atoms. The van der Waals surface area contributed by atoms with Crippen LogP contribution in [0.4, 0.5) is 5.82 Å². The molecule has 0 aromatic carbocycles. The number of sulfonamides is 1. The van der Waals surface area contributed by atoms with Gasteiger partial charge in [-0.05, 0) is 25.0 Å². The van der Waals surface area contributed by atoms with Crippen molar-refractivity contribution in [3.05, 3.63) is 17.3 Å². The third-order valence-electron chi connectivity index (χ3n) is 3.72. The van der Waals surface area contributed by atoms with Crippen LogP contribution in [0.25, 0.3) is 0 Å². The Bertz CT molecular complexity index is 618. The van der Waals surface area contributed by atoms with Crippen LogP contribution in [0.2, 0.25) is 5.15 Å². The highest BCUT2D eigenvalue weighted by Gasteiger charge is 2.32. The van der Waals surface area contributed by atoms with Gasteiger partial charge in [-0.3, -0.25) is 0 Å². The first kappa shape index (κ1) is 14.1. The Kier molecular flexibility index (Phi) is 3.62. The van der Waals surface area contributed by atoms with Crippen molar-refractivity contribution < 1.29 is 13.5 Å². The van der Waals surface area contributed by atoms with E-state index in [1.54, 1.807) is 6.07 Å². The quantitative estimate of drug-likeness (QED) is 0.831. The number of anilines is 1. The zero-order chi connectivity index (χ0) is 14.3. The van der Waals surface area contributed by atoms with Crippen molar-refractivity contribution in [1.29, 1.82) is 0 Å². The maximum atomic E-state index is 12.3. The van der Waals surface area contributed by atoms with Crippen LogP contribution >= 0.6 is 11.6 Å². The fraction of sp³-hybridized carbons (Fsp3) is 0.583. The average Bonchev–Trinajstić information content (AvgIpc) is 2.72. The summed E-state index contributed by atoms with van der Waals surface area (Å²) >= 11 is 6.05. The molecule has 1 N–H and O–H groups in total. The van der Waals surface area contributed by atoms with Gasteiger partial charge in [0.15, 0.2) is 5.15 Å². The van der Waals surface area contributed by atoms with E-state index in [0.717, 1.165) is 6.42 Å². The molecule has 2 fully saturated rings. The van der Waals surface area contributed by atoms with E-state index in [9.17, 15) is 13.5 Å². The minimum atomic E-state index is -3.51. The van der Waals surface area contributed by atoms with E-state index >= 15 is 0 Å². The standard InChI is InChI=1S/C12H16ClN3O3S/c13-12-10(20(18,19)16-5-1-6-16)2-3-11(14-12)15-7-4-9(17)8-15/h2-3,9,17H,1,4-8H2. The van der Waals surface area contributed by atoms with Crippen molar-refractivity contribution in [2.24, 2.45) is 0 Å². The van der Waals surface area contributed by atoms with Gasteiger partial charge in [0.1, 0.15) is 10.7 Å². The normalized spacial score (nSPS) is 23.9. The highest BCUT2D eigenvalue weighted by Crippen LogP contribution is 2.29. The predicted molar refractivity (Wildman–Crippen MR) is 75.5 cm³/mol. The average molecular weight is 318 g/mol. The Morgan fingerprint density at radius 3 is 2.55 bits per heavy atom. The molecule has 0 aliphatic carbocycles. The van der Waals surface area contributed by atoms with Gasteiger partial charge >= 0.3 is 0 Å². The van der Waals surface area contributed by atoms with Gasteiger partial charge in [-0.1, -0.05) is 11.6 Å². The zero-order valence-electron chi connectivity index (χ0n) is 10.9. The summed E-state index contributed by atoms with van der Waals surface area (Å²) in [6.45, 7) is 2.28. The van der Waals surface area contributed by atoms with Gasteiger partial charge in [0.25, 0.3) is 0 Å². The van der Waals surface area contributed by atoms with Gasteiger partial charge in [0, 0.05) is 26.2 Å². The lowest BCUT2D eigenvalue weighted by Crippen LogP contribution is -2.42. The molecule has 0 bridgehead atoms. The van der Waals surface area contributed by atoms with Crippen LogP contribution in [0.15, 0.2) is 17.0 Å². The first-order chi connectivity index (χ1) is 9.48. The van der Waals surface area contributed by atoms with Crippen LogP contribution in [-0.4, -0.2) is 55.1 Å². The van der Waals surface area contributed by atoms with Crippen LogP contribution in [0.3, 0.4) is 0 Å². The number of β-amino-alcohol motifs (C(OH)–C–C–N with tert-alkyl or cyclic N) is 1. The summed E-state index contributed by atoms with van der Waals surface area (Å²) < 4.78 is 25.9. The second kappa shape index (κ2) is 5.14. The van der Waals surface area contributed by atoms with Crippen LogP contribution in [0.5, 0.6) is 0 Å². The third kappa shape index (κ3) is 2.39. The van der Waals surface area contributed by atoms with Crippen LogP contribution in [-0.2, 0) is 10.0 Å². The summed E-state index contributed by atoms with van der Waals surface area (Å²) in [5.41, 5.74) is 0. The van der Waals surface area contributed by atoms with Gasteiger partial charge in [0.2, 0.25) is 10.0 Å². The van der Waals surface area contributed by atoms with Gasteiger partial charge < -0.3 is 10.0 Å². The fourth-order valence-corrected chi connectivity index (χ4v) is 4.35. The highest BCUT2D eigenvalue weighted by atomic mass is 35.5. The lowest BCUT2D eigenvalue weighted by atomic mass is 10.3. The number of aliphatic hydroxyl groups is 1. The Morgan fingerprint density at radius 2 is 2.05 bits per heavy atom. The number of aromatic nitrogens is 1. The highest BCUT2D eigenvalue weighted by molar-refractivity contribution is 7.89. The SMILES string of the molecule is O=S(=O)(c1ccc(N2CCC(O)C2)nc1Cl)N1CCC1. The van der Waals surface area contributed by atoms with Gasteiger partial charge in [-0.2, -0.15) is 4.31 Å². The zero-order valence-corrected chi connectivity index (χ0v) is 12.4. The third-order valence-corrected chi connectivity index (χ3v) is 6.05. The molecule has 0 radical (unpaired) electrons. The van der Waals surface area contributed by atoms with Gasteiger partial charge in [-0.15, -0.1) is 0 Å². The molecule has 0 amide bonds. The van der Waals surface area contributed by atoms with Crippen molar-refractivity contribution in [2.45, 2.75) is 23.8 Å². The monoisotopic (exact) mass is 317 g/mol. The predicted octanol–water partition coefficient (Wildman–Crippen LogP) is 0.700. The summed E-state index contributed by atoms with van der Waals surface area (Å²) in [5.74, 6) is 0.606. The number of halogens is 1. The van der Waals surface area contributed by atoms with Gasteiger partial charge in [0.05, 0.1) is 6.10 Å². The van der Waals surface area contributed by atoms with Crippen molar-refractivity contribution in [1.82, 2.24) is 9.29 Å². The van der Waals surface area contributed by atoms with Crippen LogP contribution in [0, 0.1) is 0 Å². The molecule has 2 aliphatic rings. The number of nitrogens with zero attached hydrogens (tertiary/aromatic N) is 3. The number of rotatable bonds is 3. The van der Waals surface area contributed by atoms with E-state index in [4.69, 9.17) is 11.6 Å². The molecule has 3 rings (SSSR count). The van der Waals surface area contributed by atoms with Gasteiger partial charge in [-0.25, -0.2) is 13.4 Å². The Hall–Kier alpha value is -0.890. The molecule has 1 aromatic rings. The Labute approximate surface area is 123 Å². The number of pyridine rings is 1. The molecule has 2 aliphatic heterocycles. The van der Waals surface area contributed by atoms with Crippen molar-refractivity contribution in [3.8, 4) is 0 Å². The lowest BCUT2D eigenvalue weighted by molar-refractivity contribution is 0.198. The summed E-state index contributed by atoms with van der Waals surface area (Å²) in [7, 11) is -3.51. The van der Waals surface area contributed by atoms with E-state index in [1.807, 2.05) is 4.90 Å². The summed E-state index contributed by atoms with van der Waals surface area (Å²) in [6.07, 6.45) is 1.21. The molecule has 0 saturated carbocycles. The second-order valence-electron chi connectivity index (χ2n) is 5.10. The maximum Gasteiger partial charge on any atom is 0.246 e. The molecule has 8 heteroatoms. The molecular formula is C12H16ClN3O3S. The molecule has 1 unspecified atom stereocenters. The fourth-order valence-electron chi connectivity index (χ4n) is 2.40. The largest absolute Gasteiger partial charge is 0.391 e. The molecule has 20 heavy (non-hydrogen) atoms. The number of aliphatic hydroxyl groups excluding tert-OH is 1. The van der Waals surface area contributed by atoms with E-state index in [1.165, 1.54) is 10.4 Å². The van der Waals surface area contributed by atoms with Crippen molar-refractivity contribution >= 4 is 27.4 Å². The summed E-state index contributed by atoms with van der Waals surface area (Å²) in [5, 5.41) is 9.52. The number of hydrogen-bond donors (Lipinski definition) is 1. The molecule has 2 saturated heterocycles. The van der Waals surface area contributed by atoms with E-state index in [-0.39, 0.29) is 16.2 Å². The van der Waals surface area contributed by atoms with Crippen LogP contribution < -0.4 is 4.90 Å². The minimum Gasteiger partial charge on any atom is -0.391 e.